The van der Waals surface area contributed by atoms with Gasteiger partial charge in [-0.3, -0.25) is 0 Å². The van der Waals surface area contributed by atoms with Crippen LogP contribution in [0.2, 0.25) is 0 Å². The van der Waals surface area contributed by atoms with Crippen molar-refractivity contribution < 1.29 is 10.2 Å². The van der Waals surface area contributed by atoms with E-state index in [1.165, 1.54) is 6.07 Å². The number of rotatable bonds is 4. The van der Waals surface area contributed by atoms with E-state index < -0.39 is 5.54 Å². The summed E-state index contributed by atoms with van der Waals surface area (Å²) in [7, 11) is 0. The van der Waals surface area contributed by atoms with E-state index in [0.717, 1.165) is 0 Å². The quantitative estimate of drug-likeness (QED) is 0.547. The number of nitrogen functional groups attached to an aromatic ring is 1. The molecule has 16 heavy (non-hydrogen) atoms. The third kappa shape index (κ3) is 2.63. The fourth-order valence-electron chi connectivity index (χ4n) is 1.22. The van der Waals surface area contributed by atoms with E-state index in [1.807, 2.05) is 6.07 Å². The Morgan fingerprint density at radius 2 is 2.06 bits per heavy atom. The van der Waals surface area contributed by atoms with Crippen molar-refractivity contribution >= 4 is 11.4 Å². The van der Waals surface area contributed by atoms with Gasteiger partial charge in [0.05, 0.1) is 30.0 Å². The van der Waals surface area contributed by atoms with Crippen LogP contribution in [-0.2, 0) is 0 Å². The zero-order valence-electron chi connectivity index (χ0n) is 9.07. The lowest BCUT2D eigenvalue weighted by molar-refractivity contribution is 0.147. The predicted octanol–water partition coefficient (Wildman–Crippen LogP) is 0.296. The van der Waals surface area contributed by atoms with Gasteiger partial charge in [0.1, 0.15) is 6.07 Å². The molecule has 5 N–H and O–H groups in total. The van der Waals surface area contributed by atoms with Crippen molar-refractivity contribution in [3.05, 3.63) is 23.8 Å². The van der Waals surface area contributed by atoms with Crippen molar-refractivity contribution in [2.75, 3.05) is 24.3 Å². The molecule has 0 bridgehead atoms. The topological polar surface area (TPSA) is 102 Å². The molecule has 0 aromatic heterocycles. The second-order valence-electron chi connectivity index (χ2n) is 3.92. The van der Waals surface area contributed by atoms with Crippen molar-refractivity contribution in [2.24, 2.45) is 0 Å². The molecule has 0 saturated heterocycles. The molecule has 1 aromatic carbocycles. The number of nitriles is 1. The molecule has 0 heterocycles. The third-order valence-corrected chi connectivity index (χ3v) is 2.30. The second kappa shape index (κ2) is 4.84. The molecular formula is C11H15N3O2. The van der Waals surface area contributed by atoms with E-state index in [2.05, 4.69) is 5.32 Å². The molecule has 1 aromatic rings. The highest BCUT2D eigenvalue weighted by molar-refractivity contribution is 5.63. The van der Waals surface area contributed by atoms with Gasteiger partial charge in [0.15, 0.2) is 0 Å². The summed E-state index contributed by atoms with van der Waals surface area (Å²) in [5.41, 5.74) is 6.12. The highest BCUT2D eigenvalue weighted by atomic mass is 16.3. The van der Waals surface area contributed by atoms with Crippen LogP contribution in [0, 0.1) is 11.3 Å². The number of benzene rings is 1. The van der Waals surface area contributed by atoms with Crippen LogP contribution in [-0.4, -0.2) is 29.0 Å². The molecule has 0 fully saturated rings. The largest absolute Gasteiger partial charge is 0.399 e. The van der Waals surface area contributed by atoms with Gasteiger partial charge in [-0.2, -0.15) is 5.26 Å². The van der Waals surface area contributed by atoms with Gasteiger partial charge in [0.25, 0.3) is 0 Å². The minimum Gasteiger partial charge on any atom is -0.399 e. The van der Waals surface area contributed by atoms with Gasteiger partial charge in [-0.25, -0.2) is 0 Å². The van der Waals surface area contributed by atoms with Crippen molar-refractivity contribution in [3.8, 4) is 6.07 Å². The normalized spacial score (nSPS) is 10.9. The maximum absolute atomic E-state index is 9.13. The highest BCUT2D eigenvalue weighted by Gasteiger charge is 2.22. The van der Waals surface area contributed by atoms with Crippen LogP contribution >= 0.6 is 0 Å². The number of hydrogen-bond acceptors (Lipinski definition) is 5. The zero-order valence-corrected chi connectivity index (χ0v) is 9.07. The lowest BCUT2D eigenvalue weighted by Gasteiger charge is -2.28. The molecule has 1 rings (SSSR count). The number of aliphatic hydroxyl groups is 2. The average molecular weight is 221 g/mol. The van der Waals surface area contributed by atoms with Gasteiger partial charge >= 0.3 is 0 Å². The van der Waals surface area contributed by atoms with Gasteiger partial charge in [0, 0.05) is 5.69 Å². The molecule has 0 aliphatic heterocycles. The summed E-state index contributed by atoms with van der Waals surface area (Å²) in [4.78, 5) is 0. The van der Waals surface area contributed by atoms with E-state index in [4.69, 9.17) is 21.2 Å². The van der Waals surface area contributed by atoms with E-state index in [-0.39, 0.29) is 13.2 Å². The van der Waals surface area contributed by atoms with Crippen LogP contribution < -0.4 is 11.1 Å². The zero-order chi connectivity index (χ0) is 12.2. The van der Waals surface area contributed by atoms with Gasteiger partial charge in [-0.05, 0) is 25.1 Å². The first-order valence-corrected chi connectivity index (χ1v) is 4.84. The van der Waals surface area contributed by atoms with Crippen LogP contribution in [0.4, 0.5) is 11.4 Å². The smallest absolute Gasteiger partial charge is 0.101 e. The third-order valence-electron chi connectivity index (χ3n) is 2.30. The van der Waals surface area contributed by atoms with E-state index >= 15 is 0 Å². The Bertz CT molecular complexity index is 408. The first kappa shape index (κ1) is 12.3. The maximum atomic E-state index is 9.13. The van der Waals surface area contributed by atoms with Crippen molar-refractivity contribution in [3.63, 3.8) is 0 Å². The van der Waals surface area contributed by atoms with Crippen molar-refractivity contribution in [1.29, 1.82) is 5.26 Å². The van der Waals surface area contributed by atoms with Crippen LogP contribution in [0.15, 0.2) is 18.2 Å². The maximum Gasteiger partial charge on any atom is 0.101 e. The molecule has 0 atom stereocenters. The van der Waals surface area contributed by atoms with E-state index in [1.54, 1.807) is 19.1 Å². The van der Waals surface area contributed by atoms with Crippen molar-refractivity contribution in [2.45, 2.75) is 12.5 Å². The van der Waals surface area contributed by atoms with Crippen LogP contribution in [0.3, 0.4) is 0 Å². The fourth-order valence-corrected chi connectivity index (χ4v) is 1.22. The summed E-state index contributed by atoms with van der Waals surface area (Å²) in [5, 5.41) is 30.1. The molecule has 0 aliphatic rings. The summed E-state index contributed by atoms with van der Waals surface area (Å²) < 4.78 is 0. The first-order valence-electron chi connectivity index (χ1n) is 4.84. The van der Waals surface area contributed by atoms with Gasteiger partial charge in [0.2, 0.25) is 0 Å². The molecule has 86 valence electrons. The lowest BCUT2D eigenvalue weighted by atomic mass is 10.0. The summed E-state index contributed by atoms with van der Waals surface area (Å²) in [6.45, 7) is 1.18. The number of anilines is 2. The Balaban J connectivity index is 3.02. The summed E-state index contributed by atoms with van der Waals surface area (Å²) in [5.74, 6) is 0. The molecule has 0 spiro atoms. The number of nitrogens with zero attached hydrogens (tertiary/aromatic N) is 1. The summed E-state index contributed by atoms with van der Waals surface area (Å²) in [6, 6.07) is 6.84. The van der Waals surface area contributed by atoms with Gasteiger partial charge in [-0.15, -0.1) is 0 Å². The number of hydrogen-bond donors (Lipinski definition) is 4. The average Bonchev–Trinajstić information content (AvgIpc) is 2.31. The summed E-state index contributed by atoms with van der Waals surface area (Å²) >= 11 is 0. The standard InChI is InChI=1S/C11H15N3O2/c1-11(6-15,7-16)14-10-3-2-9(13)4-8(10)5-12/h2-4,14-16H,6-7,13H2,1H3. The Morgan fingerprint density at radius 1 is 1.44 bits per heavy atom. The van der Waals surface area contributed by atoms with Crippen LogP contribution in [0.25, 0.3) is 0 Å². The van der Waals surface area contributed by atoms with Gasteiger partial charge < -0.3 is 21.3 Å². The Labute approximate surface area is 94.1 Å². The minimum atomic E-state index is -0.859. The number of nitrogens with two attached hydrogens (primary N) is 1. The van der Waals surface area contributed by atoms with Crippen LogP contribution in [0.5, 0.6) is 0 Å². The SMILES string of the molecule is CC(CO)(CO)Nc1ccc(N)cc1C#N. The Hall–Kier alpha value is -1.77. The molecule has 5 heteroatoms. The monoisotopic (exact) mass is 221 g/mol. The Morgan fingerprint density at radius 3 is 2.56 bits per heavy atom. The molecule has 0 unspecified atom stereocenters. The predicted molar refractivity (Wildman–Crippen MR) is 61.8 cm³/mol. The van der Waals surface area contributed by atoms with Crippen LogP contribution in [0.1, 0.15) is 12.5 Å². The molecule has 0 radical (unpaired) electrons. The molecule has 5 nitrogen and oxygen atoms in total. The lowest BCUT2D eigenvalue weighted by Crippen LogP contribution is -2.42. The molecular weight excluding hydrogens is 206 g/mol. The van der Waals surface area contributed by atoms with E-state index in [9.17, 15) is 0 Å². The minimum absolute atomic E-state index is 0.237. The number of aliphatic hydroxyl groups excluding tert-OH is 2. The highest BCUT2D eigenvalue weighted by Crippen LogP contribution is 2.21. The molecule has 0 aliphatic carbocycles. The summed E-state index contributed by atoms with van der Waals surface area (Å²) in [6.07, 6.45) is 0. The first-order chi connectivity index (χ1) is 7.54. The fraction of sp³-hybridized carbons (Fsp3) is 0.364. The molecule has 0 saturated carbocycles. The second-order valence-corrected chi connectivity index (χ2v) is 3.92. The molecule has 0 amide bonds. The Kier molecular flexibility index (Phi) is 3.72. The van der Waals surface area contributed by atoms with E-state index in [0.29, 0.717) is 16.9 Å². The van der Waals surface area contributed by atoms with Crippen molar-refractivity contribution in [1.82, 2.24) is 0 Å². The number of nitrogens with one attached hydrogen (secondary N) is 1. The van der Waals surface area contributed by atoms with Gasteiger partial charge in [-0.1, -0.05) is 0 Å².